The number of alkyl halides is 3. The maximum atomic E-state index is 14.1. The highest BCUT2D eigenvalue weighted by Crippen LogP contribution is 2.53. The van der Waals surface area contributed by atoms with Gasteiger partial charge in [0.25, 0.3) is 5.91 Å². The Morgan fingerprint density at radius 2 is 1.81 bits per heavy atom. The Morgan fingerprint density at radius 1 is 1.07 bits per heavy atom. The highest BCUT2D eigenvalue weighted by Gasteiger charge is 2.63. The molecule has 1 atom stereocenters. The predicted octanol–water partition coefficient (Wildman–Crippen LogP) is 4.14. The van der Waals surface area contributed by atoms with Gasteiger partial charge in [-0.25, -0.2) is 9.97 Å². The van der Waals surface area contributed by atoms with Gasteiger partial charge in [0.2, 0.25) is 11.8 Å². The molecule has 2 aromatic heterocycles. The molecule has 0 bridgehead atoms. The van der Waals surface area contributed by atoms with Gasteiger partial charge < -0.3 is 24.8 Å². The monoisotopic (exact) mass is 600 g/mol. The molecule has 4 fully saturated rings. The van der Waals surface area contributed by atoms with Crippen molar-refractivity contribution in [1.29, 1.82) is 0 Å². The van der Waals surface area contributed by atoms with Crippen LogP contribution in [0.2, 0.25) is 0 Å². The third-order valence-electron chi connectivity index (χ3n) is 9.73. The van der Waals surface area contributed by atoms with Crippen LogP contribution < -0.4 is 15.0 Å². The molecule has 2 amide bonds. The van der Waals surface area contributed by atoms with E-state index in [1.807, 2.05) is 32.2 Å². The van der Waals surface area contributed by atoms with Crippen molar-refractivity contribution in [3.63, 3.8) is 0 Å². The zero-order valence-electron chi connectivity index (χ0n) is 24.8. The molecule has 6 rings (SSSR count). The molecule has 3 saturated heterocycles. The van der Waals surface area contributed by atoms with Crippen LogP contribution in [0.25, 0.3) is 11.3 Å². The molecule has 1 unspecified atom stereocenters. The average molecular weight is 601 g/mol. The van der Waals surface area contributed by atoms with E-state index in [1.165, 1.54) is 4.90 Å². The van der Waals surface area contributed by atoms with E-state index in [0.717, 1.165) is 19.5 Å². The van der Waals surface area contributed by atoms with Gasteiger partial charge >= 0.3 is 6.18 Å². The number of carbonyl (C=O) groups excluding carboxylic acids is 2. The smallest absolute Gasteiger partial charge is 0.403 e. The van der Waals surface area contributed by atoms with Gasteiger partial charge in [-0.2, -0.15) is 13.2 Å². The van der Waals surface area contributed by atoms with Crippen LogP contribution in [0.1, 0.15) is 55.9 Å². The van der Waals surface area contributed by atoms with Gasteiger partial charge in [0.05, 0.1) is 29.6 Å². The van der Waals surface area contributed by atoms with Gasteiger partial charge in [0.1, 0.15) is 5.41 Å². The van der Waals surface area contributed by atoms with Crippen molar-refractivity contribution >= 4 is 17.5 Å². The molecule has 3 aliphatic heterocycles. The number of anilines is 1. The molecular weight excluding hydrogens is 561 g/mol. The Morgan fingerprint density at radius 3 is 2.51 bits per heavy atom. The van der Waals surface area contributed by atoms with E-state index in [-0.39, 0.29) is 30.2 Å². The largest absolute Gasteiger partial charge is 0.477 e. The summed E-state index contributed by atoms with van der Waals surface area (Å²) in [6, 6.07) is 7.43. The maximum Gasteiger partial charge on any atom is 0.403 e. The Bertz CT molecular complexity index is 1370. The average Bonchev–Trinajstić information content (AvgIpc) is 3.73. The first-order valence-corrected chi connectivity index (χ1v) is 15.2. The molecular formula is C31H39F3N6O3. The van der Waals surface area contributed by atoms with E-state index in [1.54, 1.807) is 12.3 Å². The lowest BCUT2D eigenvalue weighted by Gasteiger charge is -2.36. The highest BCUT2D eigenvalue weighted by molar-refractivity contribution is 5.99. The van der Waals surface area contributed by atoms with Gasteiger partial charge in [-0.05, 0) is 63.9 Å². The zero-order chi connectivity index (χ0) is 30.4. The second-order valence-corrected chi connectivity index (χ2v) is 12.7. The molecule has 12 heteroatoms. The Hall–Kier alpha value is -3.41. The second kappa shape index (κ2) is 11.3. The van der Waals surface area contributed by atoms with Gasteiger partial charge in [-0.1, -0.05) is 12.8 Å². The van der Waals surface area contributed by atoms with Gasteiger partial charge in [0, 0.05) is 50.9 Å². The molecule has 1 spiro atoms. The van der Waals surface area contributed by atoms with Gasteiger partial charge in [-0.15, -0.1) is 0 Å². The lowest BCUT2D eigenvalue weighted by molar-refractivity contribution is -0.225. The fourth-order valence-electron chi connectivity index (χ4n) is 7.39. The van der Waals surface area contributed by atoms with Crippen LogP contribution in [0.4, 0.5) is 18.9 Å². The van der Waals surface area contributed by atoms with Crippen molar-refractivity contribution in [2.24, 2.45) is 10.8 Å². The van der Waals surface area contributed by atoms with Crippen LogP contribution in [-0.2, 0) is 4.79 Å². The minimum absolute atomic E-state index is 0.0315. The summed E-state index contributed by atoms with van der Waals surface area (Å²) < 4.78 is 48.1. The first-order chi connectivity index (χ1) is 20.5. The fraction of sp³-hybridized carbons (Fsp3) is 0.613. The van der Waals surface area contributed by atoms with E-state index < -0.39 is 17.5 Å². The third-order valence-corrected chi connectivity index (χ3v) is 9.73. The van der Waals surface area contributed by atoms with Crippen LogP contribution in [0.15, 0.2) is 30.5 Å². The van der Waals surface area contributed by atoms with Crippen molar-refractivity contribution in [3.05, 3.63) is 36.2 Å². The number of rotatable bonds is 7. The topological polar surface area (TPSA) is 90.9 Å². The summed E-state index contributed by atoms with van der Waals surface area (Å²) in [5.41, 5.74) is -0.346. The summed E-state index contributed by atoms with van der Waals surface area (Å²) in [4.78, 5) is 41.8. The van der Waals surface area contributed by atoms with E-state index in [0.29, 0.717) is 80.6 Å². The Labute approximate surface area is 249 Å². The zero-order valence-corrected chi connectivity index (χ0v) is 24.8. The number of amides is 2. The van der Waals surface area contributed by atoms with Crippen LogP contribution in [-0.4, -0.2) is 96.7 Å². The number of nitrogens with zero attached hydrogens (tertiary/aromatic N) is 5. The van der Waals surface area contributed by atoms with Crippen LogP contribution in [0, 0.1) is 10.8 Å². The number of aromatic nitrogens is 2. The molecule has 43 heavy (non-hydrogen) atoms. The predicted molar refractivity (Wildman–Crippen MR) is 155 cm³/mol. The molecule has 1 aliphatic carbocycles. The normalized spacial score (nSPS) is 24.0. The molecule has 9 nitrogen and oxygen atoms in total. The van der Waals surface area contributed by atoms with E-state index in [4.69, 9.17) is 9.72 Å². The number of pyridine rings is 2. The van der Waals surface area contributed by atoms with Crippen LogP contribution in [0.3, 0.4) is 0 Å². The SMILES string of the molecule is CCOc1ncccc1-c1ccc(N2CCC3(CCN(C(=O)C4(C(F)(F)F)CCCC4)C3)C2)c(C(=O)NC2CN(C)C2)n1. The molecule has 2 aromatic rings. The van der Waals surface area contributed by atoms with Crippen molar-refractivity contribution in [2.75, 3.05) is 57.8 Å². The molecule has 5 heterocycles. The molecule has 0 radical (unpaired) electrons. The van der Waals surface area contributed by atoms with Crippen molar-refractivity contribution in [3.8, 4) is 17.1 Å². The van der Waals surface area contributed by atoms with Crippen molar-refractivity contribution in [2.45, 2.75) is 57.7 Å². The summed E-state index contributed by atoms with van der Waals surface area (Å²) in [5.74, 6) is -0.591. The lowest BCUT2D eigenvalue weighted by Crippen LogP contribution is -2.57. The number of likely N-dealkylation sites (tertiary alicyclic amines) is 2. The number of hydrogen-bond acceptors (Lipinski definition) is 7. The standard InChI is InChI=1S/C31H39F3N6O3/c1-3-43-27-22(7-6-14-35-27)23-8-9-24(25(37-23)26(41)36-21-17-38(2)18-21)39-15-12-29(19-39)13-16-40(20-29)28(42)30(31(32,33)34)10-4-5-11-30/h6-9,14,21H,3-5,10-13,15-20H2,1-2H3,(H,36,41). The minimum Gasteiger partial charge on any atom is -0.477 e. The number of hydrogen-bond donors (Lipinski definition) is 1. The number of halogens is 3. The van der Waals surface area contributed by atoms with Crippen LogP contribution in [0.5, 0.6) is 5.88 Å². The number of ether oxygens (including phenoxy) is 1. The number of likely N-dealkylation sites (N-methyl/N-ethyl adjacent to an activating group) is 1. The first kappa shape index (κ1) is 29.7. The molecule has 1 N–H and O–H groups in total. The lowest BCUT2D eigenvalue weighted by atomic mass is 9.83. The highest BCUT2D eigenvalue weighted by atomic mass is 19.4. The van der Waals surface area contributed by atoms with Crippen molar-refractivity contribution < 1.29 is 27.5 Å². The van der Waals surface area contributed by atoms with Gasteiger partial charge in [0.15, 0.2) is 5.69 Å². The quantitative estimate of drug-likeness (QED) is 0.511. The first-order valence-electron chi connectivity index (χ1n) is 15.2. The summed E-state index contributed by atoms with van der Waals surface area (Å²) in [6.45, 7) is 5.62. The summed E-state index contributed by atoms with van der Waals surface area (Å²) in [5, 5.41) is 3.10. The Balaban J connectivity index is 1.25. The molecule has 232 valence electrons. The van der Waals surface area contributed by atoms with E-state index in [2.05, 4.69) is 20.1 Å². The fourth-order valence-corrected chi connectivity index (χ4v) is 7.39. The van der Waals surface area contributed by atoms with E-state index in [9.17, 15) is 22.8 Å². The Kier molecular flexibility index (Phi) is 7.76. The van der Waals surface area contributed by atoms with E-state index >= 15 is 0 Å². The minimum atomic E-state index is -4.54. The third kappa shape index (κ3) is 5.42. The summed E-state index contributed by atoms with van der Waals surface area (Å²) in [6.07, 6.45) is -0.935. The number of nitrogens with one attached hydrogen (secondary N) is 1. The molecule has 4 aliphatic rings. The van der Waals surface area contributed by atoms with Gasteiger partial charge in [-0.3, -0.25) is 9.59 Å². The number of carbonyl (C=O) groups is 2. The summed E-state index contributed by atoms with van der Waals surface area (Å²) >= 11 is 0. The summed E-state index contributed by atoms with van der Waals surface area (Å²) in [7, 11) is 1.99. The molecule has 0 aromatic carbocycles. The maximum absolute atomic E-state index is 14.1. The van der Waals surface area contributed by atoms with Crippen LogP contribution >= 0.6 is 0 Å². The van der Waals surface area contributed by atoms with Crippen molar-refractivity contribution in [1.82, 2.24) is 25.1 Å². The molecule has 1 saturated carbocycles. The second-order valence-electron chi connectivity index (χ2n) is 12.7.